The van der Waals surface area contributed by atoms with Crippen molar-refractivity contribution in [2.45, 2.75) is 39.7 Å². The van der Waals surface area contributed by atoms with Gasteiger partial charge in [-0.1, -0.05) is 47.1 Å². The summed E-state index contributed by atoms with van der Waals surface area (Å²) < 4.78 is 1.01. The maximum atomic E-state index is 9.63. The van der Waals surface area contributed by atoms with Crippen LogP contribution in [0.3, 0.4) is 0 Å². The molecule has 0 saturated carbocycles. The van der Waals surface area contributed by atoms with Crippen molar-refractivity contribution >= 4 is 38.8 Å². The Morgan fingerprint density at radius 2 is 1.89 bits per heavy atom. The van der Waals surface area contributed by atoms with Crippen molar-refractivity contribution in [3.8, 4) is 6.07 Å². The highest BCUT2D eigenvalue weighted by atomic mass is 79.9. The summed E-state index contributed by atoms with van der Waals surface area (Å²) in [4.78, 5) is 2.47. The zero-order chi connectivity index (χ0) is 19.6. The van der Waals surface area contributed by atoms with E-state index in [1.165, 1.54) is 16.8 Å². The summed E-state index contributed by atoms with van der Waals surface area (Å²) in [6.45, 7) is 9.96. The molecule has 138 valence electrons. The topological polar surface area (TPSA) is 27.0 Å². The van der Waals surface area contributed by atoms with Gasteiger partial charge in [0.05, 0.1) is 17.2 Å². The van der Waals surface area contributed by atoms with E-state index in [2.05, 4.69) is 78.9 Å². The summed E-state index contributed by atoms with van der Waals surface area (Å²) >= 11 is 3.45. The van der Waals surface area contributed by atoms with Crippen molar-refractivity contribution in [2.75, 3.05) is 11.4 Å². The number of halogens is 1. The van der Waals surface area contributed by atoms with Crippen LogP contribution in [0.5, 0.6) is 0 Å². The number of anilines is 1. The van der Waals surface area contributed by atoms with E-state index in [4.69, 9.17) is 0 Å². The van der Waals surface area contributed by atoms with Crippen LogP contribution >= 0.6 is 15.9 Å². The molecule has 1 aliphatic heterocycles. The third-order valence-corrected chi connectivity index (χ3v) is 5.56. The Balaban J connectivity index is 2.04. The summed E-state index contributed by atoms with van der Waals surface area (Å²) in [5, 5.41) is 9.63. The van der Waals surface area contributed by atoms with Gasteiger partial charge in [-0.3, -0.25) is 0 Å². The summed E-state index contributed by atoms with van der Waals surface area (Å²) in [6.07, 6.45) is 5.43. The molecular weight excluding hydrogens is 396 g/mol. The molecule has 2 aromatic carbocycles. The normalized spacial score (nSPS) is 15.8. The Bertz CT molecular complexity index is 943. The Kier molecular flexibility index (Phi) is 5.58. The second-order valence-electron chi connectivity index (χ2n) is 7.59. The van der Waals surface area contributed by atoms with Crippen molar-refractivity contribution < 1.29 is 0 Å². The SMILES string of the molecule is CCCN1c2ccc(/C=C(\C#N)c3ccc(Br)cc3)cc2C(C)=CC1(C)C. The molecule has 0 atom stereocenters. The first-order valence-corrected chi connectivity index (χ1v) is 10.1. The van der Waals surface area contributed by atoms with Gasteiger partial charge >= 0.3 is 0 Å². The minimum absolute atomic E-state index is 0.0136. The predicted molar refractivity (Wildman–Crippen MR) is 119 cm³/mol. The number of hydrogen-bond donors (Lipinski definition) is 0. The van der Waals surface area contributed by atoms with Crippen LogP contribution in [0.1, 0.15) is 50.8 Å². The average Bonchev–Trinajstić information content (AvgIpc) is 2.64. The molecule has 2 aromatic rings. The van der Waals surface area contributed by atoms with Crippen molar-refractivity contribution in [1.82, 2.24) is 0 Å². The van der Waals surface area contributed by atoms with E-state index < -0.39 is 0 Å². The lowest BCUT2D eigenvalue weighted by Crippen LogP contribution is -2.45. The van der Waals surface area contributed by atoms with Gasteiger partial charge in [-0.05, 0) is 74.2 Å². The first-order valence-electron chi connectivity index (χ1n) is 9.35. The molecule has 0 N–H and O–H groups in total. The highest BCUT2D eigenvalue weighted by molar-refractivity contribution is 9.10. The van der Waals surface area contributed by atoms with Gasteiger partial charge in [0.25, 0.3) is 0 Å². The van der Waals surface area contributed by atoms with Crippen molar-refractivity contribution in [2.24, 2.45) is 0 Å². The molecule has 0 aromatic heterocycles. The van der Waals surface area contributed by atoms with Gasteiger partial charge in [-0.2, -0.15) is 5.26 Å². The van der Waals surface area contributed by atoms with E-state index in [1.54, 1.807) is 0 Å². The lowest BCUT2D eigenvalue weighted by Gasteiger charge is -2.43. The Morgan fingerprint density at radius 1 is 1.19 bits per heavy atom. The van der Waals surface area contributed by atoms with Crippen LogP contribution in [-0.4, -0.2) is 12.1 Å². The van der Waals surface area contributed by atoms with Gasteiger partial charge in [-0.25, -0.2) is 0 Å². The minimum atomic E-state index is 0.0136. The predicted octanol–water partition coefficient (Wildman–Crippen LogP) is 6.93. The van der Waals surface area contributed by atoms with Crippen molar-refractivity contribution in [1.29, 1.82) is 5.26 Å². The zero-order valence-electron chi connectivity index (χ0n) is 16.4. The van der Waals surface area contributed by atoms with Gasteiger partial charge in [0.2, 0.25) is 0 Å². The van der Waals surface area contributed by atoms with E-state index in [-0.39, 0.29) is 5.54 Å². The van der Waals surface area contributed by atoms with E-state index in [1.807, 2.05) is 30.3 Å². The highest BCUT2D eigenvalue weighted by Crippen LogP contribution is 2.39. The molecular formula is C24H25BrN2. The average molecular weight is 421 g/mol. The second-order valence-corrected chi connectivity index (χ2v) is 8.50. The molecule has 0 amide bonds. The number of hydrogen-bond acceptors (Lipinski definition) is 2. The molecule has 0 unspecified atom stereocenters. The van der Waals surface area contributed by atoms with Gasteiger partial charge in [0, 0.05) is 22.3 Å². The maximum Gasteiger partial charge on any atom is 0.0998 e. The monoisotopic (exact) mass is 420 g/mol. The lowest BCUT2D eigenvalue weighted by molar-refractivity contribution is 0.550. The molecule has 3 heteroatoms. The van der Waals surface area contributed by atoms with Crippen LogP contribution in [0, 0.1) is 11.3 Å². The van der Waals surface area contributed by atoms with E-state index in [0.717, 1.165) is 28.6 Å². The van der Waals surface area contributed by atoms with Crippen LogP contribution < -0.4 is 4.90 Å². The molecule has 1 heterocycles. The van der Waals surface area contributed by atoms with Crippen LogP contribution in [0.4, 0.5) is 5.69 Å². The Morgan fingerprint density at radius 3 is 2.52 bits per heavy atom. The molecule has 0 fully saturated rings. The highest BCUT2D eigenvalue weighted by Gasteiger charge is 2.30. The van der Waals surface area contributed by atoms with Crippen LogP contribution in [0.15, 0.2) is 53.0 Å². The standard InChI is InChI=1S/C24H25BrN2/c1-5-12-27-23-11-6-18(14-22(23)17(2)15-24(27,3)4)13-20(16-26)19-7-9-21(25)10-8-19/h6-11,13-15H,5,12H2,1-4H3/b20-13+. The maximum absolute atomic E-state index is 9.63. The third kappa shape index (κ3) is 4.01. The summed E-state index contributed by atoms with van der Waals surface area (Å²) in [5.41, 5.74) is 6.49. The number of nitrogens with zero attached hydrogens (tertiary/aromatic N) is 2. The molecule has 0 spiro atoms. The number of allylic oxidation sites excluding steroid dienone is 2. The van der Waals surface area contributed by atoms with Crippen LogP contribution in [0.2, 0.25) is 0 Å². The largest absolute Gasteiger partial charge is 0.362 e. The van der Waals surface area contributed by atoms with E-state index in [0.29, 0.717) is 5.57 Å². The fraction of sp³-hybridized carbons (Fsp3) is 0.292. The summed E-state index contributed by atoms with van der Waals surface area (Å²) in [6, 6.07) is 16.7. The van der Waals surface area contributed by atoms with Crippen molar-refractivity contribution in [3.63, 3.8) is 0 Å². The van der Waals surface area contributed by atoms with Crippen LogP contribution in [-0.2, 0) is 0 Å². The number of rotatable bonds is 4. The first kappa shape index (κ1) is 19.5. The fourth-order valence-electron chi connectivity index (χ4n) is 3.80. The summed E-state index contributed by atoms with van der Waals surface area (Å²) in [7, 11) is 0. The quantitative estimate of drug-likeness (QED) is 0.396. The summed E-state index contributed by atoms with van der Waals surface area (Å²) in [5.74, 6) is 0. The smallest absolute Gasteiger partial charge is 0.0998 e. The lowest BCUT2D eigenvalue weighted by atomic mass is 9.87. The molecule has 3 rings (SSSR count). The van der Waals surface area contributed by atoms with Gasteiger partial charge in [0.1, 0.15) is 0 Å². The Labute approximate surface area is 171 Å². The number of fused-ring (bicyclic) bond motifs is 1. The number of benzene rings is 2. The molecule has 27 heavy (non-hydrogen) atoms. The molecule has 0 saturated heterocycles. The zero-order valence-corrected chi connectivity index (χ0v) is 18.0. The number of nitriles is 1. The Hall–Kier alpha value is -2.31. The first-order chi connectivity index (χ1) is 12.9. The molecule has 1 aliphatic rings. The van der Waals surface area contributed by atoms with Gasteiger partial charge in [-0.15, -0.1) is 0 Å². The fourth-order valence-corrected chi connectivity index (χ4v) is 4.06. The molecule has 0 bridgehead atoms. The van der Waals surface area contributed by atoms with Gasteiger partial charge in [0.15, 0.2) is 0 Å². The van der Waals surface area contributed by atoms with E-state index in [9.17, 15) is 5.26 Å². The van der Waals surface area contributed by atoms with Crippen LogP contribution in [0.25, 0.3) is 17.2 Å². The second kappa shape index (κ2) is 7.74. The molecule has 2 nitrogen and oxygen atoms in total. The third-order valence-electron chi connectivity index (χ3n) is 5.04. The molecule has 0 radical (unpaired) electrons. The minimum Gasteiger partial charge on any atom is -0.362 e. The molecule has 0 aliphatic carbocycles. The van der Waals surface area contributed by atoms with Crippen molar-refractivity contribution in [3.05, 3.63) is 69.7 Å². The van der Waals surface area contributed by atoms with E-state index >= 15 is 0 Å². The van der Waals surface area contributed by atoms with Gasteiger partial charge < -0.3 is 4.90 Å².